The fourth-order valence-electron chi connectivity index (χ4n) is 2.30. The lowest BCUT2D eigenvalue weighted by Gasteiger charge is -2.21. The molecule has 0 radical (unpaired) electrons. The van der Waals surface area contributed by atoms with Crippen LogP contribution >= 0.6 is 0 Å². The van der Waals surface area contributed by atoms with Crippen molar-refractivity contribution in [1.82, 2.24) is 10.3 Å². The lowest BCUT2D eigenvalue weighted by atomic mass is 9.94. The highest BCUT2D eigenvalue weighted by molar-refractivity contribution is 5.77. The minimum Gasteiger partial charge on any atom is -0.348 e. The lowest BCUT2D eigenvalue weighted by Crippen LogP contribution is -2.32. The Morgan fingerprint density at radius 3 is 2.35 bits per heavy atom. The molecule has 2 aromatic rings. The third kappa shape index (κ3) is 4.81. The van der Waals surface area contributed by atoms with E-state index in [1.807, 2.05) is 0 Å². The van der Waals surface area contributed by atoms with Gasteiger partial charge in [-0.15, -0.1) is 0 Å². The third-order valence-electron chi connectivity index (χ3n) is 3.50. The van der Waals surface area contributed by atoms with Crippen molar-refractivity contribution in [1.29, 1.82) is 0 Å². The maximum atomic E-state index is 13.2. The van der Waals surface area contributed by atoms with Crippen molar-refractivity contribution in [2.75, 3.05) is 0 Å². The molecule has 23 heavy (non-hydrogen) atoms. The van der Waals surface area contributed by atoms with Crippen LogP contribution in [0.5, 0.6) is 0 Å². The molecule has 1 aromatic carbocycles. The number of rotatable bonds is 5. The van der Waals surface area contributed by atoms with Crippen LogP contribution in [-0.4, -0.2) is 17.1 Å². The first-order chi connectivity index (χ1) is 10.9. The molecule has 0 saturated heterocycles. The highest BCUT2D eigenvalue weighted by Crippen LogP contribution is 2.37. The van der Waals surface area contributed by atoms with Crippen LogP contribution in [0.2, 0.25) is 0 Å². The summed E-state index contributed by atoms with van der Waals surface area (Å²) in [5.74, 6) is -2.48. The summed E-state index contributed by atoms with van der Waals surface area (Å²) in [6.45, 7) is 1.69. The minimum absolute atomic E-state index is 0.0839. The zero-order valence-electron chi connectivity index (χ0n) is 12.5. The fourth-order valence-corrected chi connectivity index (χ4v) is 2.30. The maximum Gasteiger partial charge on any atom is 0.396 e. The van der Waals surface area contributed by atoms with Gasteiger partial charge >= 0.3 is 6.18 Å². The molecule has 2 rings (SSSR count). The minimum atomic E-state index is -4.48. The van der Waals surface area contributed by atoms with Gasteiger partial charge in [0.1, 0.15) is 0 Å². The van der Waals surface area contributed by atoms with Crippen molar-refractivity contribution in [3.63, 3.8) is 0 Å². The predicted octanol–water partition coefficient (Wildman–Crippen LogP) is 4.00. The van der Waals surface area contributed by atoms with Gasteiger partial charge in [0, 0.05) is 12.6 Å². The van der Waals surface area contributed by atoms with E-state index in [0.29, 0.717) is 5.69 Å². The molecule has 0 saturated carbocycles. The van der Waals surface area contributed by atoms with E-state index in [-0.39, 0.29) is 5.56 Å². The molecule has 0 aliphatic rings. The van der Waals surface area contributed by atoms with E-state index in [2.05, 4.69) is 10.3 Å². The smallest absolute Gasteiger partial charge is 0.348 e. The molecule has 1 heterocycles. The largest absolute Gasteiger partial charge is 0.396 e. The second kappa shape index (κ2) is 7.26. The van der Waals surface area contributed by atoms with Crippen LogP contribution in [0.1, 0.15) is 36.6 Å². The van der Waals surface area contributed by atoms with Crippen molar-refractivity contribution in [3.8, 4) is 0 Å². The van der Waals surface area contributed by atoms with E-state index >= 15 is 0 Å². The first-order valence-electron chi connectivity index (χ1n) is 7.20. The molecule has 3 nitrogen and oxygen atoms in total. The van der Waals surface area contributed by atoms with E-state index in [1.165, 1.54) is 24.3 Å². The summed E-state index contributed by atoms with van der Waals surface area (Å²) in [6, 6.07) is 12.2. The fraction of sp³-hybridized carbons (Fsp3) is 0.294. The Morgan fingerprint density at radius 2 is 1.78 bits per heavy atom. The Labute approximate surface area is 132 Å². The Kier molecular flexibility index (Phi) is 5.36. The van der Waals surface area contributed by atoms with E-state index in [0.717, 1.165) is 0 Å². The van der Waals surface area contributed by atoms with E-state index in [4.69, 9.17) is 0 Å². The molecule has 122 valence electrons. The average molecular weight is 322 g/mol. The molecule has 1 N–H and O–H groups in total. The molecular formula is C17H17F3N2O. The van der Waals surface area contributed by atoms with E-state index in [9.17, 15) is 18.0 Å². The predicted molar refractivity (Wildman–Crippen MR) is 80.6 cm³/mol. The second-order valence-electron chi connectivity index (χ2n) is 5.25. The molecule has 0 spiro atoms. The molecule has 0 aliphatic heterocycles. The quantitative estimate of drug-likeness (QED) is 0.904. The zero-order chi connectivity index (χ0) is 16.9. The molecular weight excluding hydrogens is 305 g/mol. The van der Waals surface area contributed by atoms with Crippen LogP contribution in [-0.2, 0) is 4.79 Å². The first kappa shape index (κ1) is 17.0. The van der Waals surface area contributed by atoms with Gasteiger partial charge in [-0.2, -0.15) is 13.2 Å². The number of amides is 1. The third-order valence-corrected chi connectivity index (χ3v) is 3.50. The standard InChI is InChI=1S/C17H17F3N2O/c1-12(15-9-5-6-10-21-15)22-16(23)11-14(17(18,19)20)13-7-3-2-4-8-13/h2-10,12,14H,11H2,1H3,(H,22,23)/t12-,14-/m0/s1. The average Bonchev–Trinajstić information content (AvgIpc) is 2.53. The molecule has 0 fully saturated rings. The molecule has 1 amide bonds. The van der Waals surface area contributed by atoms with Crippen LogP contribution in [0.25, 0.3) is 0 Å². The monoisotopic (exact) mass is 322 g/mol. The van der Waals surface area contributed by atoms with Crippen LogP contribution < -0.4 is 5.32 Å². The number of hydrogen-bond donors (Lipinski definition) is 1. The van der Waals surface area contributed by atoms with Crippen molar-refractivity contribution >= 4 is 5.91 Å². The Morgan fingerprint density at radius 1 is 1.13 bits per heavy atom. The van der Waals surface area contributed by atoms with Crippen LogP contribution in [0.3, 0.4) is 0 Å². The van der Waals surface area contributed by atoms with Crippen LogP contribution in [0, 0.1) is 0 Å². The molecule has 0 bridgehead atoms. The molecule has 0 aliphatic carbocycles. The van der Waals surface area contributed by atoms with Gasteiger partial charge in [0.2, 0.25) is 5.91 Å². The topological polar surface area (TPSA) is 42.0 Å². The zero-order valence-corrected chi connectivity index (χ0v) is 12.5. The number of carbonyl (C=O) groups is 1. The van der Waals surface area contributed by atoms with Crippen LogP contribution in [0.4, 0.5) is 13.2 Å². The SMILES string of the molecule is C[C@H](NC(=O)C[C@@H](c1ccccc1)C(F)(F)F)c1ccccn1. The van der Waals surface area contributed by atoms with Crippen molar-refractivity contribution in [2.45, 2.75) is 31.5 Å². The van der Waals surface area contributed by atoms with Gasteiger partial charge in [0.05, 0.1) is 17.7 Å². The Balaban J connectivity index is 2.07. The summed E-state index contributed by atoms with van der Waals surface area (Å²) in [4.78, 5) is 16.1. The summed E-state index contributed by atoms with van der Waals surface area (Å²) in [5.41, 5.74) is 0.685. The molecule has 2 atom stereocenters. The summed E-state index contributed by atoms with van der Waals surface area (Å²) < 4.78 is 39.7. The summed E-state index contributed by atoms with van der Waals surface area (Å²) in [7, 11) is 0. The number of carbonyl (C=O) groups excluding carboxylic acids is 1. The van der Waals surface area contributed by atoms with Crippen molar-refractivity contribution in [3.05, 3.63) is 66.0 Å². The van der Waals surface area contributed by atoms with Gasteiger partial charge in [-0.1, -0.05) is 36.4 Å². The maximum absolute atomic E-state index is 13.2. The van der Waals surface area contributed by atoms with Gasteiger partial charge in [0.15, 0.2) is 0 Å². The van der Waals surface area contributed by atoms with Crippen molar-refractivity contribution in [2.24, 2.45) is 0 Å². The van der Waals surface area contributed by atoms with Gasteiger partial charge in [-0.25, -0.2) is 0 Å². The summed E-state index contributed by atoms with van der Waals surface area (Å²) in [5, 5.41) is 2.57. The molecule has 6 heteroatoms. The number of nitrogens with zero attached hydrogens (tertiary/aromatic N) is 1. The van der Waals surface area contributed by atoms with Gasteiger partial charge in [-0.3, -0.25) is 9.78 Å². The first-order valence-corrected chi connectivity index (χ1v) is 7.20. The highest BCUT2D eigenvalue weighted by atomic mass is 19.4. The number of nitrogens with one attached hydrogen (secondary N) is 1. The number of pyridine rings is 1. The van der Waals surface area contributed by atoms with Gasteiger partial charge in [-0.05, 0) is 24.6 Å². The Bertz CT molecular complexity index is 629. The number of hydrogen-bond acceptors (Lipinski definition) is 2. The van der Waals surface area contributed by atoms with E-state index in [1.54, 1.807) is 37.4 Å². The Hall–Kier alpha value is -2.37. The van der Waals surface area contributed by atoms with Crippen LogP contribution in [0.15, 0.2) is 54.7 Å². The van der Waals surface area contributed by atoms with Gasteiger partial charge in [0.25, 0.3) is 0 Å². The summed E-state index contributed by atoms with van der Waals surface area (Å²) >= 11 is 0. The van der Waals surface area contributed by atoms with Gasteiger partial charge < -0.3 is 5.32 Å². The summed E-state index contributed by atoms with van der Waals surface area (Å²) in [6.07, 6.45) is -3.56. The lowest BCUT2D eigenvalue weighted by molar-refractivity contribution is -0.157. The number of benzene rings is 1. The number of aromatic nitrogens is 1. The number of halogens is 3. The molecule has 0 unspecified atom stereocenters. The highest BCUT2D eigenvalue weighted by Gasteiger charge is 2.41. The molecule has 1 aromatic heterocycles. The van der Waals surface area contributed by atoms with Crippen molar-refractivity contribution < 1.29 is 18.0 Å². The number of alkyl halides is 3. The van der Waals surface area contributed by atoms with E-state index < -0.39 is 30.5 Å². The second-order valence-corrected chi connectivity index (χ2v) is 5.25. The normalized spacial score (nSPS) is 14.1.